The Morgan fingerprint density at radius 3 is 2.48 bits per heavy atom. The normalized spacial score (nSPS) is 16.0. The van der Waals surface area contributed by atoms with E-state index in [-0.39, 0.29) is 23.2 Å². The SMILES string of the molecule is NS(=O)(=O)CCNS(=O)(=O)c1cc(C(=O)O)n(C2CC2)c1. The number of nitrogens with two attached hydrogens (primary N) is 1. The van der Waals surface area contributed by atoms with Crippen LogP contribution < -0.4 is 9.86 Å². The number of hydrogen-bond acceptors (Lipinski definition) is 5. The van der Waals surface area contributed by atoms with Crippen LogP contribution in [0.3, 0.4) is 0 Å². The van der Waals surface area contributed by atoms with E-state index >= 15 is 0 Å². The van der Waals surface area contributed by atoms with Crippen LogP contribution in [0.25, 0.3) is 0 Å². The van der Waals surface area contributed by atoms with Crippen molar-refractivity contribution in [3.63, 3.8) is 0 Å². The third-order valence-corrected chi connectivity index (χ3v) is 5.17. The zero-order valence-corrected chi connectivity index (χ0v) is 12.5. The molecule has 0 radical (unpaired) electrons. The topological polar surface area (TPSA) is 149 Å². The van der Waals surface area contributed by atoms with Crippen LogP contribution in [-0.2, 0) is 20.0 Å². The minimum Gasteiger partial charge on any atom is -0.477 e. The Morgan fingerprint density at radius 2 is 2.00 bits per heavy atom. The number of carboxylic acid groups (broad SMARTS) is 1. The lowest BCUT2D eigenvalue weighted by atomic mass is 10.4. The highest BCUT2D eigenvalue weighted by molar-refractivity contribution is 7.90. The molecule has 1 aromatic rings. The number of primary sulfonamides is 1. The molecular weight excluding hydrogens is 322 g/mol. The number of carbonyl (C=O) groups is 1. The van der Waals surface area contributed by atoms with Gasteiger partial charge in [0.2, 0.25) is 20.0 Å². The van der Waals surface area contributed by atoms with E-state index in [0.29, 0.717) is 0 Å². The predicted octanol–water partition coefficient (Wildman–Crippen LogP) is -0.912. The summed E-state index contributed by atoms with van der Waals surface area (Å²) in [5.74, 6) is -1.76. The zero-order chi connectivity index (χ0) is 15.8. The summed E-state index contributed by atoms with van der Waals surface area (Å²) < 4.78 is 49.0. The number of sulfonamides is 2. The first kappa shape index (κ1) is 15.9. The Hall–Kier alpha value is -1.43. The molecule has 9 nitrogen and oxygen atoms in total. The second-order valence-electron chi connectivity index (χ2n) is 4.77. The summed E-state index contributed by atoms with van der Waals surface area (Å²) in [5, 5.41) is 13.8. The first-order valence-electron chi connectivity index (χ1n) is 6.05. The van der Waals surface area contributed by atoms with E-state index in [0.717, 1.165) is 18.9 Å². The average molecular weight is 337 g/mol. The van der Waals surface area contributed by atoms with Gasteiger partial charge in [-0.3, -0.25) is 0 Å². The van der Waals surface area contributed by atoms with Crippen molar-refractivity contribution in [2.75, 3.05) is 12.3 Å². The largest absolute Gasteiger partial charge is 0.477 e. The first-order chi connectivity index (χ1) is 9.60. The molecule has 21 heavy (non-hydrogen) atoms. The number of hydrogen-bond donors (Lipinski definition) is 3. The molecule has 1 heterocycles. The highest BCUT2D eigenvalue weighted by Crippen LogP contribution is 2.37. The lowest BCUT2D eigenvalue weighted by Crippen LogP contribution is -2.31. The standard InChI is InChI=1S/C10H15N3O6S2/c11-20(16,17)4-3-12-21(18,19)8-5-9(10(14)15)13(6-8)7-1-2-7/h5-7,12H,1-4H2,(H,14,15)(H2,11,16,17). The first-order valence-corrected chi connectivity index (χ1v) is 9.25. The summed E-state index contributed by atoms with van der Waals surface area (Å²) in [6.07, 6.45) is 2.85. The minimum absolute atomic E-state index is 0.00414. The van der Waals surface area contributed by atoms with Gasteiger partial charge >= 0.3 is 5.97 Å². The molecule has 1 aliphatic carbocycles. The van der Waals surface area contributed by atoms with Crippen LogP contribution in [0.15, 0.2) is 17.2 Å². The van der Waals surface area contributed by atoms with Crippen LogP contribution in [0, 0.1) is 0 Å². The molecule has 0 spiro atoms. The molecule has 1 aliphatic rings. The van der Waals surface area contributed by atoms with Crippen molar-refractivity contribution in [2.24, 2.45) is 5.14 Å². The van der Waals surface area contributed by atoms with E-state index in [9.17, 15) is 21.6 Å². The Labute approximate surface area is 121 Å². The fourth-order valence-corrected chi connectivity index (χ4v) is 3.40. The molecule has 0 atom stereocenters. The van der Waals surface area contributed by atoms with Crippen molar-refractivity contribution in [2.45, 2.75) is 23.8 Å². The number of rotatable bonds is 7. The van der Waals surface area contributed by atoms with Gasteiger partial charge in [-0.2, -0.15) is 0 Å². The van der Waals surface area contributed by atoms with Crippen molar-refractivity contribution in [3.8, 4) is 0 Å². The van der Waals surface area contributed by atoms with Crippen LogP contribution in [0.5, 0.6) is 0 Å². The van der Waals surface area contributed by atoms with Gasteiger partial charge in [0.05, 0.1) is 5.75 Å². The monoisotopic (exact) mass is 337 g/mol. The summed E-state index contributed by atoms with van der Waals surface area (Å²) in [4.78, 5) is 10.9. The average Bonchev–Trinajstić information content (AvgIpc) is 3.05. The Bertz CT molecular complexity index is 761. The van der Waals surface area contributed by atoms with Crippen LogP contribution in [-0.4, -0.2) is 44.8 Å². The summed E-state index contributed by atoms with van der Waals surface area (Å²) in [5.41, 5.74) is -0.107. The summed E-state index contributed by atoms with van der Waals surface area (Å²) >= 11 is 0. The van der Waals surface area contributed by atoms with Gasteiger partial charge in [0.1, 0.15) is 10.6 Å². The van der Waals surface area contributed by atoms with Crippen molar-refractivity contribution in [1.29, 1.82) is 0 Å². The maximum absolute atomic E-state index is 12.0. The molecule has 0 saturated heterocycles. The molecule has 118 valence electrons. The van der Waals surface area contributed by atoms with E-state index in [2.05, 4.69) is 4.72 Å². The fourth-order valence-electron chi connectivity index (χ4n) is 1.83. The zero-order valence-electron chi connectivity index (χ0n) is 10.9. The van der Waals surface area contributed by atoms with Crippen molar-refractivity contribution in [1.82, 2.24) is 9.29 Å². The highest BCUT2D eigenvalue weighted by atomic mass is 32.2. The quantitative estimate of drug-likeness (QED) is 0.586. The highest BCUT2D eigenvalue weighted by Gasteiger charge is 2.30. The number of carboxylic acids is 1. The van der Waals surface area contributed by atoms with Gasteiger partial charge in [0.15, 0.2) is 0 Å². The van der Waals surface area contributed by atoms with Crippen LogP contribution in [0.1, 0.15) is 29.4 Å². The van der Waals surface area contributed by atoms with Crippen LogP contribution in [0.2, 0.25) is 0 Å². The Balaban J connectivity index is 2.20. The smallest absolute Gasteiger partial charge is 0.352 e. The summed E-state index contributed by atoms with van der Waals surface area (Å²) in [6.45, 7) is -0.377. The van der Waals surface area contributed by atoms with Gasteiger partial charge < -0.3 is 9.67 Å². The summed E-state index contributed by atoms with van der Waals surface area (Å²) in [7, 11) is -7.75. The molecule has 0 aromatic carbocycles. The van der Waals surface area contributed by atoms with Crippen LogP contribution >= 0.6 is 0 Å². The van der Waals surface area contributed by atoms with Gasteiger partial charge in [-0.25, -0.2) is 31.5 Å². The molecule has 1 fully saturated rings. The van der Waals surface area contributed by atoms with Gasteiger partial charge in [0, 0.05) is 18.8 Å². The van der Waals surface area contributed by atoms with E-state index in [1.54, 1.807) is 0 Å². The lowest BCUT2D eigenvalue weighted by molar-refractivity contribution is 0.0685. The van der Waals surface area contributed by atoms with E-state index in [1.807, 2.05) is 0 Å². The molecule has 4 N–H and O–H groups in total. The summed E-state index contributed by atoms with van der Waals surface area (Å²) in [6, 6.07) is 1.06. The van der Waals surface area contributed by atoms with Crippen LogP contribution in [0.4, 0.5) is 0 Å². The number of aromatic carboxylic acids is 1. The van der Waals surface area contributed by atoms with E-state index < -0.39 is 31.8 Å². The molecular formula is C10H15N3O6S2. The molecule has 0 bridgehead atoms. The third-order valence-electron chi connectivity index (χ3n) is 2.97. The van der Waals surface area contributed by atoms with Gasteiger partial charge in [-0.1, -0.05) is 0 Å². The third kappa shape index (κ3) is 4.03. The van der Waals surface area contributed by atoms with Crippen molar-refractivity contribution >= 4 is 26.0 Å². The van der Waals surface area contributed by atoms with E-state index in [1.165, 1.54) is 10.8 Å². The second kappa shape index (κ2) is 5.40. The van der Waals surface area contributed by atoms with Gasteiger partial charge in [0.25, 0.3) is 0 Å². The van der Waals surface area contributed by atoms with Gasteiger partial charge in [-0.15, -0.1) is 0 Å². The molecule has 1 aromatic heterocycles. The maximum Gasteiger partial charge on any atom is 0.352 e. The molecule has 0 amide bonds. The van der Waals surface area contributed by atoms with Gasteiger partial charge in [-0.05, 0) is 18.9 Å². The molecule has 0 aliphatic heterocycles. The molecule has 2 rings (SSSR count). The fraction of sp³-hybridized carbons (Fsp3) is 0.500. The predicted molar refractivity (Wildman–Crippen MR) is 72.8 cm³/mol. The number of nitrogens with zero attached hydrogens (tertiary/aromatic N) is 1. The Kier molecular flexibility index (Phi) is 4.10. The number of aromatic nitrogens is 1. The minimum atomic E-state index is -3.98. The maximum atomic E-state index is 12.0. The molecule has 0 unspecified atom stereocenters. The van der Waals surface area contributed by atoms with Crippen molar-refractivity contribution < 1.29 is 26.7 Å². The van der Waals surface area contributed by atoms with E-state index in [4.69, 9.17) is 10.2 Å². The Morgan fingerprint density at radius 1 is 1.38 bits per heavy atom. The second-order valence-corrected chi connectivity index (χ2v) is 8.27. The number of nitrogens with one attached hydrogen (secondary N) is 1. The lowest BCUT2D eigenvalue weighted by Gasteiger charge is -2.04. The van der Waals surface area contributed by atoms with Crippen molar-refractivity contribution in [3.05, 3.63) is 18.0 Å². The molecule has 11 heteroatoms. The molecule has 1 saturated carbocycles.